The Kier molecular flexibility index (Phi) is 4.11. The predicted molar refractivity (Wildman–Crippen MR) is 55.0 cm³/mol. The Morgan fingerprint density at radius 3 is 2.33 bits per heavy atom. The molecule has 1 aliphatic rings. The molecule has 71 valence electrons. The fraction of sp³-hybridized carbons (Fsp3) is 0.917. The summed E-state index contributed by atoms with van der Waals surface area (Å²) in [5, 5.41) is 0. The summed E-state index contributed by atoms with van der Waals surface area (Å²) >= 11 is 0. The van der Waals surface area contributed by atoms with Gasteiger partial charge in [0.15, 0.2) is 0 Å². The van der Waals surface area contributed by atoms with Crippen molar-refractivity contribution in [3.8, 4) is 0 Å². The largest absolute Gasteiger partial charge is 0.0654 e. The van der Waals surface area contributed by atoms with E-state index in [0.29, 0.717) is 5.41 Å². The third-order valence-electron chi connectivity index (χ3n) is 3.22. The van der Waals surface area contributed by atoms with Gasteiger partial charge in [-0.05, 0) is 31.6 Å². The van der Waals surface area contributed by atoms with Gasteiger partial charge in [-0.1, -0.05) is 45.4 Å². The maximum Gasteiger partial charge on any atom is -0.0297 e. The van der Waals surface area contributed by atoms with Gasteiger partial charge in [0.1, 0.15) is 0 Å². The minimum absolute atomic E-state index is 0.480. The summed E-state index contributed by atoms with van der Waals surface area (Å²) in [4.78, 5) is 0. The van der Waals surface area contributed by atoms with E-state index in [-0.39, 0.29) is 0 Å². The molecule has 1 saturated carbocycles. The highest BCUT2D eigenvalue weighted by Crippen LogP contribution is 2.39. The predicted octanol–water partition coefficient (Wildman–Crippen LogP) is 4.35. The van der Waals surface area contributed by atoms with Gasteiger partial charge in [0, 0.05) is 0 Å². The molecule has 0 heteroatoms. The molecule has 0 amide bonds. The van der Waals surface area contributed by atoms with Crippen molar-refractivity contribution in [1.29, 1.82) is 0 Å². The first kappa shape index (κ1) is 10.1. The van der Waals surface area contributed by atoms with E-state index in [9.17, 15) is 0 Å². The van der Waals surface area contributed by atoms with Crippen LogP contribution in [-0.2, 0) is 0 Å². The fourth-order valence-corrected chi connectivity index (χ4v) is 2.30. The zero-order valence-corrected chi connectivity index (χ0v) is 8.57. The molecule has 0 unspecified atom stereocenters. The van der Waals surface area contributed by atoms with Crippen LogP contribution in [0.3, 0.4) is 0 Å². The van der Waals surface area contributed by atoms with Crippen molar-refractivity contribution in [1.82, 2.24) is 0 Å². The first-order valence-electron chi connectivity index (χ1n) is 5.62. The Labute approximate surface area is 77.7 Å². The molecular formula is C12H23. The van der Waals surface area contributed by atoms with Gasteiger partial charge in [-0.3, -0.25) is 0 Å². The van der Waals surface area contributed by atoms with Crippen LogP contribution in [0.15, 0.2) is 0 Å². The quantitative estimate of drug-likeness (QED) is 0.546. The number of rotatable bonds is 4. The second-order valence-corrected chi connectivity index (χ2v) is 4.52. The molecule has 0 heterocycles. The Hall–Kier alpha value is 0. The smallest absolute Gasteiger partial charge is 0.0297 e. The molecular weight excluding hydrogens is 144 g/mol. The summed E-state index contributed by atoms with van der Waals surface area (Å²) in [5.74, 6) is 0. The second kappa shape index (κ2) is 4.89. The molecule has 0 nitrogen and oxygen atoms in total. The molecule has 0 N–H and O–H groups in total. The monoisotopic (exact) mass is 167 g/mol. The maximum absolute atomic E-state index is 4.40. The molecule has 0 atom stereocenters. The van der Waals surface area contributed by atoms with Gasteiger partial charge < -0.3 is 0 Å². The van der Waals surface area contributed by atoms with Crippen LogP contribution in [0.4, 0.5) is 0 Å². The average Bonchev–Trinajstić information content (AvgIpc) is 2.06. The van der Waals surface area contributed by atoms with Gasteiger partial charge in [-0.25, -0.2) is 0 Å². The number of hydrogen-bond acceptors (Lipinski definition) is 0. The van der Waals surface area contributed by atoms with E-state index >= 15 is 0 Å². The Balaban J connectivity index is 2.17. The molecule has 1 rings (SSSR count). The fourth-order valence-electron chi connectivity index (χ4n) is 2.30. The molecule has 0 aliphatic heterocycles. The molecule has 0 aromatic rings. The van der Waals surface area contributed by atoms with Crippen LogP contribution in [0.2, 0.25) is 0 Å². The topological polar surface area (TPSA) is 0 Å². The van der Waals surface area contributed by atoms with Crippen molar-refractivity contribution in [2.75, 3.05) is 0 Å². The first-order valence-corrected chi connectivity index (χ1v) is 5.62. The van der Waals surface area contributed by atoms with E-state index in [0.717, 1.165) is 0 Å². The lowest BCUT2D eigenvalue weighted by Gasteiger charge is -2.33. The van der Waals surface area contributed by atoms with Crippen LogP contribution in [0, 0.1) is 12.3 Å². The standard InChI is InChI=1S/C12H23/c1-3-4-6-9-12(2)10-7-5-8-11-12/h2-11H2,1H3. The summed E-state index contributed by atoms with van der Waals surface area (Å²) in [6.45, 7) is 6.68. The summed E-state index contributed by atoms with van der Waals surface area (Å²) in [7, 11) is 0. The lowest BCUT2D eigenvalue weighted by atomic mass is 9.72. The highest BCUT2D eigenvalue weighted by Gasteiger charge is 2.25. The van der Waals surface area contributed by atoms with Gasteiger partial charge in [0.2, 0.25) is 0 Å². The lowest BCUT2D eigenvalue weighted by Crippen LogP contribution is -2.20. The lowest BCUT2D eigenvalue weighted by molar-refractivity contribution is 0.228. The van der Waals surface area contributed by atoms with Crippen LogP contribution in [-0.4, -0.2) is 0 Å². The molecule has 1 fully saturated rings. The van der Waals surface area contributed by atoms with Crippen molar-refractivity contribution < 1.29 is 0 Å². The Bertz CT molecular complexity index is 109. The summed E-state index contributed by atoms with van der Waals surface area (Å²) in [5.41, 5.74) is 0.480. The highest BCUT2D eigenvalue weighted by molar-refractivity contribution is 4.84. The van der Waals surface area contributed by atoms with Gasteiger partial charge >= 0.3 is 0 Å². The molecule has 0 spiro atoms. The minimum Gasteiger partial charge on any atom is -0.0654 e. The number of hydrogen-bond donors (Lipinski definition) is 0. The van der Waals surface area contributed by atoms with Crippen molar-refractivity contribution in [3.63, 3.8) is 0 Å². The van der Waals surface area contributed by atoms with Crippen LogP contribution >= 0.6 is 0 Å². The molecule has 12 heavy (non-hydrogen) atoms. The van der Waals surface area contributed by atoms with Crippen LogP contribution in [0.1, 0.15) is 64.7 Å². The number of unbranched alkanes of at least 4 members (excludes halogenated alkanes) is 2. The SMILES string of the molecule is [CH2]C1(CCCCC)CCCCC1. The normalized spacial score (nSPS) is 22.5. The van der Waals surface area contributed by atoms with Crippen molar-refractivity contribution in [2.45, 2.75) is 64.7 Å². The van der Waals surface area contributed by atoms with Gasteiger partial charge in [0.05, 0.1) is 0 Å². The van der Waals surface area contributed by atoms with Crippen LogP contribution in [0.25, 0.3) is 0 Å². The minimum atomic E-state index is 0.480. The van der Waals surface area contributed by atoms with E-state index in [1.54, 1.807) is 0 Å². The molecule has 0 aromatic carbocycles. The van der Waals surface area contributed by atoms with E-state index in [1.807, 2.05) is 0 Å². The van der Waals surface area contributed by atoms with Gasteiger partial charge in [0.25, 0.3) is 0 Å². The third-order valence-corrected chi connectivity index (χ3v) is 3.22. The Morgan fingerprint density at radius 2 is 1.75 bits per heavy atom. The zero-order valence-electron chi connectivity index (χ0n) is 8.57. The second-order valence-electron chi connectivity index (χ2n) is 4.52. The summed E-state index contributed by atoms with van der Waals surface area (Å²) in [6.07, 6.45) is 12.6. The third kappa shape index (κ3) is 3.16. The maximum atomic E-state index is 4.40. The average molecular weight is 167 g/mol. The molecule has 1 radical (unpaired) electrons. The van der Waals surface area contributed by atoms with Crippen molar-refractivity contribution in [2.24, 2.45) is 5.41 Å². The first-order chi connectivity index (χ1) is 5.77. The highest BCUT2D eigenvalue weighted by atomic mass is 14.3. The van der Waals surface area contributed by atoms with Crippen molar-refractivity contribution in [3.05, 3.63) is 6.92 Å². The van der Waals surface area contributed by atoms with E-state index < -0.39 is 0 Å². The van der Waals surface area contributed by atoms with Gasteiger partial charge in [-0.2, -0.15) is 0 Å². The molecule has 1 aliphatic carbocycles. The van der Waals surface area contributed by atoms with Crippen LogP contribution < -0.4 is 0 Å². The molecule has 0 aromatic heterocycles. The van der Waals surface area contributed by atoms with Gasteiger partial charge in [-0.15, -0.1) is 0 Å². The van der Waals surface area contributed by atoms with E-state index in [1.165, 1.54) is 57.8 Å². The summed E-state index contributed by atoms with van der Waals surface area (Å²) < 4.78 is 0. The molecule has 0 saturated heterocycles. The Morgan fingerprint density at radius 1 is 1.08 bits per heavy atom. The van der Waals surface area contributed by atoms with E-state index in [4.69, 9.17) is 0 Å². The van der Waals surface area contributed by atoms with Crippen molar-refractivity contribution >= 4 is 0 Å². The van der Waals surface area contributed by atoms with Crippen LogP contribution in [0.5, 0.6) is 0 Å². The molecule has 0 bridgehead atoms. The van der Waals surface area contributed by atoms with E-state index in [2.05, 4.69) is 13.8 Å². The summed E-state index contributed by atoms with van der Waals surface area (Å²) in [6, 6.07) is 0. The zero-order chi connectivity index (χ0) is 8.86.